The van der Waals surface area contributed by atoms with E-state index < -0.39 is 0 Å². The number of methoxy groups -OCH3 is 1. The molecular weight excluding hydrogens is 192 g/mol. The van der Waals surface area contributed by atoms with Gasteiger partial charge in [-0.3, -0.25) is 4.79 Å². The molecule has 1 aromatic carbocycles. The highest BCUT2D eigenvalue weighted by Crippen LogP contribution is 2.28. The molecule has 0 N–H and O–H groups in total. The first-order valence-electron chi connectivity index (χ1n) is 4.63. The second-order valence-corrected chi connectivity index (χ2v) is 3.09. The maximum atomic E-state index is 10.6. The van der Waals surface area contributed by atoms with Crippen LogP contribution in [0.5, 0.6) is 11.5 Å². The molecule has 3 nitrogen and oxygen atoms in total. The average molecular weight is 206 g/mol. The largest absolute Gasteiger partial charge is 0.493 e. The molecule has 0 heterocycles. The van der Waals surface area contributed by atoms with E-state index in [4.69, 9.17) is 9.47 Å². The Labute approximate surface area is 89.3 Å². The molecule has 0 aliphatic carbocycles. The van der Waals surface area contributed by atoms with Crippen molar-refractivity contribution in [2.24, 2.45) is 0 Å². The lowest BCUT2D eigenvalue weighted by atomic mass is 10.2. The molecule has 0 bridgehead atoms. The molecule has 0 fully saturated rings. The normalized spacial score (nSPS) is 11.6. The first-order valence-corrected chi connectivity index (χ1v) is 4.63. The second-order valence-electron chi connectivity index (χ2n) is 3.09. The highest BCUT2D eigenvalue weighted by atomic mass is 16.5. The molecule has 1 aromatic rings. The summed E-state index contributed by atoms with van der Waals surface area (Å²) in [7, 11) is 1.54. The molecule has 1 rings (SSSR count). The molecule has 0 aromatic heterocycles. The van der Waals surface area contributed by atoms with E-state index in [1.54, 1.807) is 24.3 Å². The number of hydrogen-bond donors (Lipinski definition) is 0. The van der Waals surface area contributed by atoms with Crippen molar-refractivity contribution in [3.63, 3.8) is 0 Å². The third kappa shape index (κ3) is 2.84. The Morgan fingerprint density at radius 2 is 2.13 bits per heavy atom. The van der Waals surface area contributed by atoms with Crippen LogP contribution in [0.4, 0.5) is 0 Å². The Kier molecular flexibility index (Phi) is 3.92. The van der Waals surface area contributed by atoms with Crippen molar-refractivity contribution in [3.8, 4) is 11.5 Å². The van der Waals surface area contributed by atoms with Gasteiger partial charge in [0.15, 0.2) is 11.5 Å². The van der Waals surface area contributed by atoms with Crippen LogP contribution in [0.2, 0.25) is 0 Å². The number of carbonyl (C=O) groups is 1. The second kappa shape index (κ2) is 5.20. The predicted molar refractivity (Wildman–Crippen MR) is 58.7 cm³/mol. The molecule has 0 saturated heterocycles. The van der Waals surface area contributed by atoms with Gasteiger partial charge in [-0.25, -0.2) is 0 Å². The number of benzene rings is 1. The Bertz CT molecular complexity index is 358. The van der Waals surface area contributed by atoms with Gasteiger partial charge in [0.05, 0.1) is 7.11 Å². The fourth-order valence-electron chi connectivity index (χ4n) is 1.10. The van der Waals surface area contributed by atoms with E-state index in [9.17, 15) is 4.79 Å². The molecule has 0 spiro atoms. The zero-order valence-corrected chi connectivity index (χ0v) is 8.90. The van der Waals surface area contributed by atoms with Crippen molar-refractivity contribution in [2.75, 3.05) is 7.11 Å². The molecule has 1 unspecified atom stereocenters. The minimum atomic E-state index is -0.0963. The third-order valence-electron chi connectivity index (χ3n) is 1.97. The smallest absolute Gasteiger partial charge is 0.162 e. The zero-order chi connectivity index (χ0) is 11.3. The standard InChI is InChI=1S/C12H14O3/c1-4-9(2)15-11-6-5-10(8-13)7-12(11)14-3/h4-9H,1H2,2-3H3. The lowest BCUT2D eigenvalue weighted by Gasteiger charge is -2.13. The molecule has 1 atom stereocenters. The number of ether oxygens (including phenoxy) is 2. The van der Waals surface area contributed by atoms with E-state index in [1.807, 2.05) is 6.92 Å². The Hall–Kier alpha value is -1.77. The van der Waals surface area contributed by atoms with Crippen molar-refractivity contribution in [1.82, 2.24) is 0 Å². The monoisotopic (exact) mass is 206 g/mol. The van der Waals surface area contributed by atoms with E-state index in [1.165, 1.54) is 7.11 Å². The van der Waals surface area contributed by atoms with Crippen molar-refractivity contribution in [2.45, 2.75) is 13.0 Å². The molecule has 0 radical (unpaired) electrons. The Morgan fingerprint density at radius 1 is 1.40 bits per heavy atom. The van der Waals surface area contributed by atoms with E-state index in [0.717, 1.165) is 6.29 Å². The molecule has 80 valence electrons. The van der Waals surface area contributed by atoms with Crippen molar-refractivity contribution < 1.29 is 14.3 Å². The van der Waals surface area contributed by atoms with Crippen molar-refractivity contribution in [1.29, 1.82) is 0 Å². The molecule has 0 amide bonds. The fraction of sp³-hybridized carbons (Fsp3) is 0.250. The molecule has 0 aliphatic rings. The lowest BCUT2D eigenvalue weighted by molar-refractivity contribution is 0.112. The summed E-state index contributed by atoms with van der Waals surface area (Å²) in [6, 6.07) is 5.03. The number of rotatable bonds is 5. The predicted octanol–water partition coefficient (Wildman–Crippen LogP) is 2.46. The summed E-state index contributed by atoms with van der Waals surface area (Å²) in [5, 5.41) is 0. The van der Waals surface area contributed by atoms with Gasteiger partial charge in [0, 0.05) is 5.56 Å². The number of hydrogen-bond acceptors (Lipinski definition) is 3. The quantitative estimate of drug-likeness (QED) is 0.548. The third-order valence-corrected chi connectivity index (χ3v) is 1.97. The zero-order valence-electron chi connectivity index (χ0n) is 8.90. The summed E-state index contributed by atoms with van der Waals surface area (Å²) in [6.07, 6.45) is 2.36. The first kappa shape index (κ1) is 11.3. The van der Waals surface area contributed by atoms with Crippen LogP contribution in [0.3, 0.4) is 0 Å². The molecular formula is C12H14O3. The van der Waals surface area contributed by atoms with Crippen LogP contribution in [0.15, 0.2) is 30.9 Å². The molecule has 0 aliphatic heterocycles. The highest BCUT2D eigenvalue weighted by Gasteiger charge is 2.07. The topological polar surface area (TPSA) is 35.5 Å². The van der Waals surface area contributed by atoms with E-state index in [2.05, 4.69) is 6.58 Å². The van der Waals surface area contributed by atoms with Gasteiger partial charge in [-0.15, -0.1) is 0 Å². The van der Waals surface area contributed by atoms with E-state index in [0.29, 0.717) is 17.1 Å². The van der Waals surface area contributed by atoms with Gasteiger partial charge in [-0.05, 0) is 25.1 Å². The van der Waals surface area contributed by atoms with Gasteiger partial charge < -0.3 is 9.47 Å². The summed E-state index contributed by atoms with van der Waals surface area (Å²) in [4.78, 5) is 10.6. The Morgan fingerprint density at radius 3 is 2.67 bits per heavy atom. The summed E-state index contributed by atoms with van der Waals surface area (Å²) in [5.74, 6) is 1.16. The van der Waals surface area contributed by atoms with Crippen LogP contribution < -0.4 is 9.47 Å². The summed E-state index contributed by atoms with van der Waals surface area (Å²) in [5.41, 5.74) is 0.561. The fourth-order valence-corrected chi connectivity index (χ4v) is 1.10. The molecule has 0 saturated carbocycles. The van der Waals surface area contributed by atoms with Gasteiger partial charge in [0.25, 0.3) is 0 Å². The number of aldehydes is 1. The minimum Gasteiger partial charge on any atom is -0.493 e. The Balaban J connectivity index is 2.96. The lowest BCUT2D eigenvalue weighted by Crippen LogP contribution is -2.08. The van der Waals surface area contributed by atoms with Crippen LogP contribution in [-0.2, 0) is 0 Å². The summed E-state index contributed by atoms with van der Waals surface area (Å²) < 4.78 is 10.6. The van der Waals surface area contributed by atoms with Gasteiger partial charge in [-0.1, -0.05) is 12.7 Å². The van der Waals surface area contributed by atoms with Crippen LogP contribution in [0.25, 0.3) is 0 Å². The van der Waals surface area contributed by atoms with E-state index in [-0.39, 0.29) is 6.10 Å². The summed E-state index contributed by atoms with van der Waals surface area (Å²) in [6.45, 7) is 5.50. The van der Waals surface area contributed by atoms with E-state index >= 15 is 0 Å². The van der Waals surface area contributed by atoms with Crippen LogP contribution >= 0.6 is 0 Å². The number of carbonyl (C=O) groups excluding carboxylic acids is 1. The maximum Gasteiger partial charge on any atom is 0.162 e. The molecule has 15 heavy (non-hydrogen) atoms. The highest BCUT2D eigenvalue weighted by molar-refractivity contribution is 5.76. The van der Waals surface area contributed by atoms with Crippen molar-refractivity contribution >= 4 is 6.29 Å². The first-order chi connectivity index (χ1) is 7.21. The van der Waals surface area contributed by atoms with Crippen LogP contribution in [-0.4, -0.2) is 19.5 Å². The van der Waals surface area contributed by atoms with Crippen LogP contribution in [0.1, 0.15) is 17.3 Å². The average Bonchev–Trinajstić information content (AvgIpc) is 2.29. The van der Waals surface area contributed by atoms with Crippen molar-refractivity contribution in [3.05, 3.63) is 36.4 Å². The minimum absolute atomic E-state index is 0.0963. The van der Waals surface area contributed by atoms with Gasteiger partial charge >= 0.3 is 0 Å². The van der Waals surface area contributed by atoms with Gasteiger partial charge in [0.1, 0.15) is 12.4 Å². The van der Waals surface area contributed by atoms with Gasteiger partial charge in [-0.2, -0.15) is 0 Å². The van der Waals surface area contributed by atoms with Gasteiger partial charge in [0.2, 0.25) is 0 Å². The maximum absolute atomic E-state index is 10.6. The molecule has 3 heteroatoms. The SMILES string of the molecule is C=CC(C)Oc1ccc(C=O)cc1OC. The van der Waals surface area contributed by atoms with Crippen LogP contribution in [0, 0.1) is 0 Å². The summed E-state index contributed by atoms with van der Waals surface area (Å²) >= 11 is 0.